The van der Waals surface area contributed by atoms with Gasteiger partial charge in [0.1, 0.15) is 0 Å². The van der Waals surface area contributed by atoms with Crippen molar-refractivity contribution in [1.82, 2.24) is 0 Å². The summed E-state index contributed by atoms with van der Waals surface area (Å²) in [6.45, 7) is 6.36. The molecule has 1 aromatic rings. The average molecular weight is 255 g/mol. The highest BCUT2D eigenvalue weighted by atomic mass is 32.2. The molecule has 0 saturated carbocycles. The molecule has 17 heavy (non-hydrogen) atoms. The van der Waals surface area contributed by atoms with Crippen molar-refractivity contribution in [2.24, 2.45) is 5.92 Å². The second kappa shape index (κ2) is 5.54. The zero-order valence-electron chi connectivity index (χ0n) is 10.9. The number of benzene rings is 1. The topological polar surface area (TPSA) is 46.2 Å². The number of para-hydroxylation sites is 1. The SMILES string of the molecule is CCC(Nc1ccccc1S(C)(=O)=O)C(C)C. The summed E-state index contributed by atoms with van der Waals surface area (Å²) in [5, 5.41) is 3.32. The minimum atomic E-state index is -3.18. The lowest BCUT2D eigenvalue weighted by molar-refractivity contribution is 0.510. The molecular formula is C13H21NO2S. The summed E-state index contributed by atoms with van der Waals surface area (Å²) in [6.07, 6.45) is 2.21. The first-order valence-corrected chi connectivity index (χ1v) is 7.81. The van der Waals surface area contributed by atoms with E-state index in [0.717, 1.165) is 6.42 Å². The lowest BCUT2D eigenvalue weighted by atomic mass is 10.0. The summed E-state index contributed by atoms with van der Waals surface area (Å²) in [4.78, 5) is 0.374. The van der Waals surface area contributed by atoms with Crippen LogP contribution in [0.1, 0.15) is 27.2 Å². The van der Waals surface area contributed by atoms with E-state index in [1.54, 1.807) is 12.1 Å². The number of hydrogen-bond acceptors (Lipinski definition) is 3. The van der Waals surface area contributed by atoms with Crippen LogP contribution in [-0.2, 0) is 9.84 Å². The minimum Gasteiger partial charge on any atom is -0.381 e. The molecular weight excluding hydrogens is 234 g/mol. The Hall–Kier alpha value is -1.03. The maximum absolute atomic E-state index is 11.7. The summed E-state index contributed by atoms with van der Waals surface area (Å²) in [7, 11) is -3.18. The van der Waals surface area contributed by atoms with Gasteiger partial charge in [0.25, 0.3) is 0 Å². The Bertz CT molecular complexity index is 466. The maximum Gasteiger partial charge on any atom is 0.177 e. The Morgan fingerprint density at radius 2 is 1.82 bits per heavy atom. The van der Waals surface area contributed by atoms with Gasteiger partial charge in [0.2, 0.25) is 0 Å². The van der Waals surface area contributed by atoms with Crippen molar-refractivity contribution in [2.45, 2.75) is 38.1 Å². The lowest BCUT2D eigenvalue weighted by Crippen LogP contribution is -2.25. The number of rotatable bonds is 5. The van der Waals surface area contributed by atoms with E-state index in [1.165, 1.54) is 6.26 Å². The van der Waals surface area contributed by atoms with Crippen molar-refractivity contribution < 1.29 is 8.42 Å². The summed E-state index contributed by atoms with van der Waals surface area (Å²) in [5.74, 6) is 0.465. The van der Waals surface area contributed by atoms with Crippen molar-refractivity contribution >= 4 is 15.5 Å². The van der Waals surface area contributed by atoms with E-state index in [1.807, 2.05) is 12.1 Å². The Labute approximate surface area is 104 Å². The highest BCUT2D eigenvalue weighted by Gasteiger charge is 2.16. The van der Waals surface area contributed by atoms with Crippen LogP contribution in [0.4, 0.5) is 5.69 Å². The predicted octanol–water partition coefficient (Wildman–Crippen LogP) is 2.94. The van der Waals surface area contributed by atoms with E-state index in [0.29, 0.717) is 16.5 Å². The van der Waals surface area contributed by atoms with Gasteiger partial charge in [0, 0.05) is 12.3 Å². The molecule has 0 spiro atoms. The number of sulfone groups is 1. The van der Waals surface area contributed by atoms with Gasteiger partial charge in [0.15, 0.2) is 9.84 Å². The summed E-state index contributed by atoms with van der Waals surface area (Å²) >= 11 is 0. The highest BCUT2D eigenvalue weighted by Crippen LogP contribution is 2.23. The Morgan fingerprint density at radius 3 is 2.29 bits per heavy atom. The van der Waals surface area contributed by atoms with Gasteiger partial charge in [-0.2, -0.15) is 0 Å². The standard InChI is InChI=1S/C13H21NO2S/c1-5-11(10(2)3)14-12-8-6-7-9-13(12)17(4,15)16/h6-11,14H,5H2,1-4H3. The third-order valence-electron chi connectivity index (χ3n) is 2.87. The fourth-order valence-corrected chi connectivity index (χ4v) is 2.70. The molecule has 1 aromatic carbocycles. The molecule has 0 aliphatic heterocycles. The van der Waals surface area contributed by atoms with E-state index in [4.69, 9.17) is 0 Å². The van der Waals surface area contributed by atoms with Crippen LogP contribution in [0.5, 0.6) is 0 Å². The molecule has 0 saturated heterocycles. The molecule has 0 radical (unpaired) electrons. The van der Waals surface area contributed by atoms with Crippen LogP contribution < -0.4 is 5.32 Å². The maximum atomic E-state index is 11.7. The van der Waals surface area contributed by atoms with Gasteiger partial charge in [0.05, 0.1) is 10.6 Å². The van der Waals surface area contributed by atoms with Crippen molar-refractivity contribution in [2.75, 3.05) is 11.6 Å². The number of anilines is 1. The summed E-state index contributed by atoms with van der Waals surface area (Å²) in [5.41, 5.74) is 0.704. The fraction of sp³-hybridized carbons (Fsp3) is 0.538. The van der Waals surface area contributed by atoms with E-state index in [2.05, 4.69) is 26.1 Å². The molecule has 96 valence electrons. The lowest BCUT2D eigenvalue weighted by Gasteiger charge is -2.23. The third-order valence-corrected chi connectivity index (χ3v) is 4.03. The largest absolute Gasteiger partial charge is 0.381 e. The van der Waals surface area contributed by atoms with Crippen LogP contribution in [0.2, 0.25) is 0 Å². The van der Waals surface area contributed by atoms with E-state index in [9.17, 15) is 8.42 Å². The van der Waals surface area contributed by atoms with Gasteiger partial charge in [-0.05, 0) is 24.5 Å². The molecule has 0 heterocycles. The molecule has 0 aromatic heterocycles. The van der Waals surface area contributed by atoms with Gasteiger partial charge in [-0.15, -0.1) is 0 Å². The van der Waals surface area contributed by atoms with E-state index < -0.39 is 9.84 Å². The van der Waals surface area contributed by atoms with Crippen molar-refractivity contribution in [3.05, 3.63) is 24.3 Å². The first-order chi connectivity index (χ1) is 7.86. The highest BCUT2D eigenvalue weighted by molar-refractivity contribution is 7.90. The predicted molar refractivity (Wildman–Crippen MR) is 72.1 cm³/mol. The first kappa shape index (κ1) is 14.0. The normalized spacial score (nSPS) is 13.7. The van der Waals surface area contributed by atoms with E-state index >= 15 is 0 Å². The third kappa shape index (κ3) is 3.73. The van der Waals surface area contributed by atoms with Crippen LogP contribution in [0.25, 0.3) is 0 Å². The van der Waals surface area contributed by atoms with Gasteiger partial charge >= 0.3 is 0 Å². The summed E-state index contributed by atoms with van der Waals surface area (Å²) in [6, 6.07) is 7.35. The van der Waals surface area contributed by atoms with Crippen molar-refractivity contribution in [1.29, 1.82) is 0 Å². The second-order valence-electron chi connectivity index (χ2n) is 4.67. The van der Waals surface area contributed by atoms with Crippen LogP contribution >= 0.6 is 0 Å². The summed E-state index contributed by atoms with van der Waals surface area (Å²) < 4.78 is 23.3. The van der Waals surface area contributed by atoms with Gasteiger partial charge in [-0.1, -0.05) is 32.9 Å². The molecule has 0 aliphatic carbocycles. The fourth-order valence-electron chi connectivity index (χ4n) is 1.85. The monoisotopic (exact) mass is 255 g/mol. The zero-order valence-corrected chi connectivity index (χ0v) is 11.7. The molecule has 0 bridgehead atoms. The van der Waals surface area contributed by atoms with Crippen LogP contribution in [-0.4, -0.2) is 20.7 Å². The molecule has 1 N–H and O–H groups in total. The van der Waals surface area contributed by atoms with E-state index in [-0.39, 0.29) is 6.04 Å². The Morgan fingerprint density at radius 1 is 1.24 bits per heavy atom. The van der Waals surface area contributed by atoms with Gasteiger partial charge < -0.3 is 5.32 Å². The zero-order chi connectivity index (χ0) is 13.1. The first-order valence-electron chi connectivity index (χ1n) is 5.92. The molecule has 1 unspecified atom stereocenters. The Balaban J connectivity index is 3.07. The van der Waals surface area contributed by atoms with Gasteiger partial charge in [-0.3, -0.25) is 0 Å². The molecule has 0 amide bonds. The van der Waals surface area contributed by atoms with Crippen LogP contribution in [0, 0.1) is 5.92 Å². The van der Waals surface area contributed by atoms with Crippen LogP contribution in [0.3, 0.4) is 0 Å². The number of nitrogens with one attached hydrogen (secondary N) is 1. The molecule has 4 heteroatoms. The minimum absolute atomic E-state index is 0.290. The van der Waals surface area contributed by atoms with Crippen molar-refractivity contribution in [3.8, 4) is 0 Å². The Kier molecular flexibility index (Phi) is 4.57. The molecule has 0 aliphatic rings. The molecule has 1 rings (SSSR count). The average Bonchev–Trinajstić information content (AvgIpc) is 2.24. The van der Waals surface area contributed by atoms with Gasteiger partial charge in [-0.25, -0.2) is 8.42 Å². The second-order valence-corrected chi connectivity index (χ2v) is 6.66. The molecule has 3 nitrogen and oxygen atoms in total. The van der Waals surface area contributed by atoms with Crippen LogP contribution in [0.15, 0.2) is 29.2 Å². The molecule has 1 atom stereocenters. The molecule has 0 fully saturated rings. The van der Waals surface area contributed by atoms with Crippen molar-refractivity contribution in [3.63, 3.8) is 0 Å². The smallest absolute Gasteiger partial charge is 0.177 e. The number of hydrogen-bond donors (Lipinski definition) is 1. The quantitative estimate of drug-likeness (QED) is 0.880.